The summed E-state index contributed by atoms with van der Waals surface area (Å²) in [6.45, 7) is 3.76. The molecule has 0 aromatic heterocycles. The molecule has 0 heterocycles. The molecule has 0 radical (unpaired) electrons. The zero-order chi connectivity index (χ0) is 22.4. The number of benzene rings is 3. The molecule has 0 aliphatic rings. The van der Waals surface area contributed by atoms with Gasteiger partial charge in [0.25, 0.3) is 5.91 Å². The maximum absolute atomic E-state index is 13.2. The first-order valence-corrected chi connectivity index (χ1v) is 11.4. The van der Waals surface area contributed by atoms with Gasteiger partial charge in [0.05, 0.1) is 18.0 Å². The lowest BCUT2D eigenvalue weighted by Crippen LogP contribution is -2.30. The van der Waals surface area contributed by atoms with Crippen LogP contribution in [0, 0.1) is 6.92 Å². The fraction of sp³-hybridized carbons (Fsp3) is 0.208. The Balaban J connectivity index is 1.97. The van der Waals surface area contributed by atoms with Crippen LogP contribution in [0.4, 0.5) is 0 Å². The highest BCUT2D eigenvalue weighted by molar-refractivity contribution is 7.89. The number of methoxy groups -OCH3 is 1. The van der Waals surface area contributed by atoms with Gasteiger partial charge in [-0.3, -0.25) is 4.79 Å². The lowest BCUT2D eigenvalue weighted by atomic mass is 9.97. The van der Waals surface area contributed by atoms with Crippen LogP contribution in [0.5, 0.6) is 5.75 Å². The highest BCUT2D eigenvalue weighted by Gasteiger charge is 2.21. The molecule has 0 aliphatic carbocycles. The molecule has 162 valence electrons. The first-order valence-electron chi connectivity index (χ1n) is 9.95. The Morgan fingerprint density at radius 3 is 2.23 bits per heavy atom. The van der Waals surface area contributed by atoms with Crippen LogP contribution in [0.15, 0.2) is 77.7 Å². The van der Waals surface area contributed by atoms with Crippen molar-refractivity contribution >= 4 is 15.9 Å². The van der Waals surface area contributed by atoms with Crippen molar-refractivity contribution < 1.29 is 17.9 Å². The van der Waals surface area contributed by atoms with E-state index in [2.05, 4.69) is 10.0 Å². The third-order valence-corrected chi connectivity index (χ3v) is 6.50. The van der Waals surface area contributed by atoms with Gasteiger partial charge < -0.3 is 10.1 Å². The second-order valence-corrected chi connectivity index (χ2v) is 8.84. The van der Waals surface area contributed by atoms with Crippen LogP contribution in [-0.2, 0) is 10.0 Å². The Bertz CT molecular complexity index is 1140. The number of hydrogen-bond acceptors (Lipinski definition) is 4. The summed E-state index contributed by atoms with van der Waals surface area (Å²) < 4.78 is 32.5. The normalized spacial score (nSPS) is 12.2. The summed E-state index contributed by atoms with van der Waals surface area (Å²) in [5.74, 6) is 0.370. The number of amides is 1. The van der Waals surface area contributed by atoms with E-state index < -0.39 is 16.1 Å². The van der Waals surface area contributed by atoms with E-state index in [1.54, 1.807) is 27.0 Å². The van der Waals surface area contributed by atoms with Crippen molar-refractivity contribution in [3.8, 4) is 5.75 Å². The molecular formula is C24H26N2O4S. The Labute approximate surface area is 183 Å². The summed E-state index contributed by atoms with van der Waals surface area (Å²) in [7, 11) is -2.07. The summed E-state index contributed by atoms with van der Waals surface area (Å²) in [5, 5.41) is 3.06. The monoisotopic (exact) mass is 438 g/mol. The molecule has 3 aromatic rings. The SMILES string of the molecule is CCNS(=O)(=O)c1ccc(C)c(C(=O)NC(c2ccccc2)c2ccc(OC)cc2)c1. The van der Waals surface area contributed by atoms with Crippen molar-refractivity contribution in [3.63, 3.8) is 0 Å². The van der Waals surface area contributed by atoms with Gasteiger partial charge in [0.1, 0.15) is 5.75 Å². The molecule has 0 spiro atoms. The third-order valence-electron chi connectivity index (χ3n) is 4.96. The van der Waals surface area contributed by atoms with Gasteiger partial charge in [-0.2, -0.15) is 0 Å². The quantitative estimate of drug-likeness (QED) is 0.560. The van der Waals surface area contributed by atoms with Gasteiger partial charge >= 0.3 is 0 Å². The van der Waals surface area contributed by atoms with Crippen molar-refractivity contribution in [1.29, 1.82) is 0 Å². The van der Waals surface area contributed by atoms with Crippen LogP contribution in [0.25, 0.3) is 0 Å². The van der Waals surface area contributed by atoms with Crippen LogP contribution in [-0.4, -0.2) is 28.0 Å². The van der Waals surface area contributed by atoms with E-state index >= 15 is 0 Å². The fourth-order valence-corrected chi connectivity index (χ4v) is 4.36. The Hall–Kier alpha value is -3.16. The number of sulfonamides is 1. The largest absolute Gasteiger partial charge is 0.497 e. The molecule has 0 saturated carbocycles. The summed E-state index contributed by atoms with van der Waals surface area (Å²) >= 11 is 0. The topological polar surface area (TPSA) is 84.5 Å². The predicted molar refractivity (Wildman–Crippen MR) is 121 cm³/mol. The lowest BCUT2D eigenvalue weighted by Gasteiger charge is -2.21. The molecule has 2 N–H and O–H groups in total. The smallest absolute Gasteiger partial charge is 0.252 e. The van der Waals surface area contributed by atoms with Gasteiger partial charge in [0.2, 0.25) is 10.0 Å². The van der Waals surface area contributed by atoms with Crippen LogP contribution >= 0.6 is 0 Å². The van der Waals surface area contributed by atoms with E-state index in [9.17, 15) is 13.2 Å². The molecule has 3 aromatic carbocycles. The molecule has 7 heteroatoms. The molecular weight excluding hydrogens is 412 g/mol. The third kappa shape index (κ3) is 5.31. The van der Waals surface area contributed by atoms with E-state index in [1.807, 2.05) is 54.6 Å². The van der Waals surface area contributed by atoms with Crippen molar-refractivity contribution in [2.24, 2.45) is 0 Å². The van der Waals surface area contributed by atoms with Gasteiger partial charge in [-0.25, -0.2) is 13.1 Å². The average Bonchev–Trinajstić information content (AvgIpc) is 2.78. The molecule has 3 rings (SSSR count). The summed E-state index contributed by atoms with van der Waals surface area (Å²) in [5.41, 5.74) is 2.80. The van der Waals surface area contributed by atoms with E-state index in [4.69, 9.17) is 4.74 Å². The number of carbonyl (C=O) groups is 1. The maximum Gasteiger partial charge on any atom is 0.252 e. The molecule has 1 atom stereocenters. The van der Waals surface area contributed by atoms with Gasteiger partial charge in [-0.15, -0.1) is 0 Å². The van der Waals surface area contributed by atoms with Crippen molar-refractivity contribution in [2.75, 3.05) is 13.7 Å². The predicted octanol–water partition coefficient (Wildman–Crippen LogP) is 3.82. The number of ether oxygens (including phenoxy) is 1. The molecule has 0 aliphatic heterocycles. The molecule has 0 fully saturated rings. The minimum atomic E-state index is -3.67. The van der Waals surface area contributed by atoms with Crippen molar-refractivity contribution in [3.05, 3.63) is 95.1 Å². The standard InChI is InChI=1S/C24H26N2O4S/c1-4-25-31(28,29)21-15-10-17(2)22(16-21)24(27)26-23(18-8-6-5-7-9-18)19-11-13-20(30-3)14-12-19/h5-16,23,25H,4H2,1-3H3,(H,26,27). The molecule has 1 amide bonds. The summed E-state index contributed by atoms with van der Waals surface area (Å²) in [6.07, 6.45) is 0. The highest BCUT2D eigenvalue weighted by atomic mass is 32.2. The summed E-state index contributed by atoms with van der Waals surface area (Å²) in [6, 6.07) is 21.2. The minimum absolute atomic E-state index is 0.0609. The lowest BCUT2D eigenvalue weighted by molar-refractivity contribution is 0.0942. The van der Waals surface area contributed by atoms with Crippen LogP contribution < -0.4 is 14.8 Å². The molecule has 0 bridgehead atoms. The number of carbonyl (C=O) groups excluding carboxylic acids is 1. The van der Waals surface area contributed by atoms with Gasteiger partial charge in [0, 0.05) is 12.1 Å². The Morgan fingerprint density at radius 2 is 1.61 bits per heavy atom. The zero-order valence-corrected chi connectivity index (χ0v) is 18.6. The number of nitrogens with one attached hydrogen (secondary N) is 2. The Kier molecular flexibility index (Phi) is 7.09. The van der Waals surface area contributed by atoms with Gasteiger partial charge in [0.15, 0.2) is 0 Å². The number of hydrogen-bond donors (Lipinski definition) is 2. The second-order valence-electron chi connectivity index (χ2n) is 7.07. The van der Waals surface area contributed by atoms with Crippen molar-refractivity contribution in [1.82, 2.24) is 10.0 Å². The second kappa shape index (κ2) is 9.76. The zero-order valence-electron chi connectivity index (χ0n) is 17.8. The van der Waals surface area contributed by atoms with Gasteiger partial charge in [-0.05, 0) is 47.9 Å². The Morgan fingerprint density at radius 1 is 0.968 bits per heavy atom. The van der Waals surface area contributed by atoms with E-state index in [1.165, 1.54) is 12.1 Å². The highest BCUT2D eigenvalue weighted by Crippen LogP contribution is 2.25. The average molecular weight is 439 g/mol. The van der Waals surface area contributed by atoms with E-state index in [0.717, 1.165) is 16.9 Å². The number of rotatable bonds is 8. The van der Waals surface area contributed by atoms with Crippen LogP contribution in [0.2, 0.25) is 0 Å². The first-order chi connectivity index (χ1) is 14.9. The molecule has 1 unspecified atom stereocenters. The first kappa shape index (κ1) is 22.5. The van der Waals surface area contributed by atoms with Crippen molar-refractivity contribution in [2.45, 2.75) is 24.8 Å². The molecule has 31 heavy (non-hydrogen) atoms. The minimum Gasteiger partial charge on any atom is -0.497 e. The molecule has 6 nitrogen and oxygen atoms in total. The van der Waals surface area contributed by atoms with Gasteiger partial charge in [-0.1, -0.05) is 55.5 Å². The van der Waals surface area contributed by atoms with E-state index in [-0.39, 0.29) is 17.3 Å². The maximum atomic E-state index is 13.2. The molecule has 0 saturated heterocycles. The van der Waals surface area contributed by atoms with Crippen LogP contribution in [0.3, 0.4) is 0 Å². The summed E-state index contributed by atoms with van der Waals surface area (Å²) in [4.78, 5) is 13.3. The fourth-order valence-electron chi connectivity index (χ4n) is 3.30. The van der Waals surface area contributed by atoms with Crippen LogP contribution in [0.1, 0.15) is 40.0 Å². The van der Waals surface area contributed by atoms with E-state index in [0.29, 0.717) is 11.1 Å². The number of aryl methyl sites for hydroxylation is 1.